The molecule has 0 bridgehead atoms. The maximum Gasteiger partial charge on any atom is 0.212 e. The topological polar surface area (TPSA) is 15.5 Å². The molecule has 12 aromatic rings. The van der Waals surface area contributed by atoms with E-state index in [4.69, 9.17) is 0 Å². The van der Waals surface area contributed by atoms with Gasteiger partial charge in [0, 0.05) is 69.8 Å². The van der Waals surface area contributed by atoms with Crippen LogP contribution in [0.4, 0.5) is 0 Å². The number of aromatic nitrogens is 4. The van der Waals surface area contributed by atoms with E-state index >= 15 is 0 Å². The third-order valence-corrected chi connectivity index (χ3v) is 18.1. The highest BCUT2D eigenvalue weighted by Crippen LogP contribution is 2.37. The van der Waals surface area contributed by atoms with E-state index in [1.807, 2.05) is 0 Å². The predicted molar refractivity (Wildman–Crippen MR) is 380 cm³/mol. The molecule has 0 radical (unpaired) electrons. The lowest BCUT2D eigenvalue weighted by molar-refractivity contribution is -0.660. The fourth-order valence-corrected chi connectivity index (χ4v) is 12.5. The number of benzene rings is 8. The molecule has 0 atom stereocenters. The molecule has 12 rings (SSSR count). The molecule has 90 heavy (non-hydrogen) atoms. The maximum atomic E-state index is 2.33. The van der Waals surface area contributed by atoms with Gasteiger partial charge in [-0.15, -0.1) is 0 Å². The molecule has 0 fully saturated rings. The first kappa shape index (κ1) is 64.8. The average Bonchev–Trinajstić information content (AvgIpc) is 1.25. The van der Waals surface area contributed by atoms with Gasteiger partial charge in [-0.2, -0.15) is 0 Å². The summed E-state index contributed by atoms with van der Waals surface area (Å²) in [6.07, 6.45) is 8.65. The third kappa shape index (κ3) is 14.6. The Morgan fingerprint density at radius 1 is 0.233 bits per heavy atom. The van der Waals surface area contributed by atoms with Gasteiger partial charge in [0.05, 0.1) is 0 Å². The van der Waals surface area contributed by atoms with Crippen LogP contribution in [0.2, 0.25) is 0 Å². The lowest BCUT2D eigenvalue weighted by Crippen LogP contribution is -2.31. The number of rotatable bonds is 9. The van der Waals surface area contributed by atoms with Crippen LogP contribution >= 0.6 is 0 Å². The van der Waals surface area contributed by atoms with Gasteiger partial charge in [-0.1, -0.05) is 159 Å². The SMILES string of the molecule is Cc1cc(-c2cccc(-c3ccccc3C)c2C)[n+](C)cc1C.Cc1ccc(-c2cccc(-c3ccccc3C)c2C)[n+](C)c1.Cc1ccccc1-c1cccc(-c2cc(C(C)C)cc[n+]2C)c1C.Cc1ccccc1-c1cccc(-c2cccc[n+]2C)c1C. The molecule has 452 valence electrons. The number of pyridine rings is 4. The van der Waals surface area contributed by atoms with E-state index in [9.17, 15) is 0 Å². The third-order valence-electron chi connectivity index (χ3n) is 18.1. The summed E-state index contributed by atoms with van der Waals surface area (Å²) in [6.45, 7) is 28.6. The quantitative estimate of drug-likeness (QED) is 0.128. The first-order valence-corrected chi connectivity index (χ1v) is 31.7. The Balaban J connectivity index is 0.000000142. The minimum atomic E-state index is 0.532. The molecule has 8 aromatic carbocycles. The molecule has 4 aromatic heterocycles. The van der Waals surface area contributed by atoms with Gasteiger partial charge in [-0.3, -0.25) is 0 Å². The fraction of sp³-hybridized carbons (Fsp3) is 0.209. The van der Waals surface area contributed by atoms with Crippen molar-refractivity contribution in [2.45, 2.75) is 95.9 Å². The van der Waals surface area contributed by atoms with Crippen LogP contribution in [-0.4, -0.2) is 0 Å². The van der Waals surface area contributed by atoms with Crippen molar-refractivity contribution in [1.82, 2.24) is 0 Å². The molecule has 4 heteroatoms. The minimum absolute atomic E-state index is 0.532. The Morgan fingerprint density at radius 2 is 0.556 bits per heavy atom. The van der Waals surface area contributed by atoms with Crippen LogP contribution in [0.25, 0.3) is 89.5 Å². The zero-order chi connectivity index (χ0) is 64.3. The molecular weight excluding hydrogens is 1090 g/mol. The van der Waals surface area contributed by atoms with Crippen LogP contribution in [0.5, 0.6) is 0 Å². The van der Waals surface area contributed by atoms with E-state index < -0.39 is 0 Å². The second kappa shape index (κ2) is 29.1. The summed E-state index contributed by atoms with van der Waals surface area (Å²) >= 11 is 0. The van der Waals surface area contributed by atoms with Crippen LogP contribution in [0.1, 0.15) is 86.5 Å². The van der Waals surface area contributed by atoms with Gasteiger partial charge in [0.1, 0.15) is 28.2 Å². The Hall–Kier alpha value is -9.64. The van der Waals surface area contributed by atoms with Gasteiger partial charge in [-0.25, -0.2) is 18.3 Å². The summed E-state index contributed by atoms with van der Waals surface area (Å²) < 4.78 is 8.82. The van der Waals surface area contributed by atoms with E-state index in [0.29, 0.717) is 5.92 Å². The van der Waals surface area contributed by atoms with Crippen molar-refractivity contribution in [3.05, 3.63) is 310 Å². The summed E-state index contributed by atoms with van der Waals surface area (Å²) in [7, 11) is 8.46. The minimum Gasteiger partial charge on any atom is -0.201 e. The van der Waals surface area contributed by atoms with Crippen molar-refractivity contribution in [3.63, 3.8) is 0 Å². The summed E-state index contributed by atoms with van der Waals surface area (Å²) in [5.41, 5.74) is 36.7. The molecule has 0 unspecified atom stereocenters. The van der Waals surface area contributed by atoms with Gasteiger partial charge in [0.2, 0.25) is 22.8 Å². The maximum absolute atomic E-state index is 2.33. The second-order valence-electron chi connectivity index (χ2n) is 24.8. The van der Waals surface area contributed by atoms with Crippen molar-refractivity contribution >= 4 is 0 Å². The van der Waals surface area contributed by atoms with E-state index in [0.717, 1.165) is 0 Å². The molecule has 0 aliphatic heterocycles. The van der Waals surface area contributed by atoms with Gasteiger partial charge in [0.25, 0.3) is 0 Å². The normalized spacial score (nSPS) is 10.8. The van der Waals surface area contributed by atoms with Crippen LogP contribution < -0.4 is 18.3 Å². The predicted octanol–water partition coefficient (Wildman–Crippen LogP) is 19.9. The molecule has 0 spiro atoms. The van der Waals surface area contributed by atoms with Crippen molar-refractivity contribution in [1.29, 1.82) is 0 Å². The Kier molecular flexibility index (Phi) is 21.0. The van der Waals surface area contributed by atoms with E-state index in [2.05, 4.69) is 380 Å². The van der Waals surface area contributed by atoms with Gasteiger partial charge < -0.3 is 0 Å². The first-order chi connectivity index (χ1) is 43.2. The van der Waals surface area contributed by atoms with Gasteiger partial charge in [0.15, 0.2) is 24.8 Å². The summed E-state index contributed by atoms with van der Waals surface area (Å²) in [4.78, 5) is 0. The van der Waals surface area contributed by atoms with Crippen LogP contribution in [0.3, 0.4) is 0 Å². The van der Waals surface area contributed by atoms with E-state index in [1.165, 1.54) is 156 Å². The second-order valence-corrected chi connectivity index (χ2v) is 24.8. The Bertz CT molecular complexity index is 4460. The molecule has 0 aliphatic carbocycles. The van der Waals surface area contributed by atoms with Crippen molar-refractivity contribution in [2.75, 3.05) is 0 Å². The highest BCUT2D eigenvalue weighted by Gasteiger charge is 2.21. The van der Waals surface area contributed by atoms with Crippen LogP contribution in [0, 0.1) is 76.2 Å². The smallest absolute Gasteiger partial charge is 0.201 e. The summed E-state index contributed by atoms with van der Waals surface area (Å²) in [6, 6.07) is 78.3. The average molecular weight is 1180 g/mol. The van der Waals surface area contributed by atoms with Crippen molar-refractivity contribution < 1.29 is 18.3 Å². The lowest BCUT2D eigenvalue weighted by atomic mass is 9.91. The molecule has 0 aliphatic rings. The zero-order valence-corrected chi connectivity index (χ0v) is 56.5. The monoisotopic (exact) mass is 1180 g/mol. The molecule has 0 N–H and O–H groups in total. The van der Waals surface area contributed by atoms with Crippen molar-refractivity contribution in [2.24, 2.45) is 28.2 Å². The standard InChI is InChI=1S/C23H26N.C22H24N.C21H22N.C20H20N/c1-16(2)19-13-14-24(5)23(15-19)22-12-8-11-21(18(22)4)20-10-7-6-9-17(20)3;1-15-9-6-7-10-19(15)20-11-8-12-21(18(20)4)22-13-16(2)17(3)14-23(22)5;1-15-12-13-21(22(4)14-15)20-11-7-10-19(17(20)3)18-9-6-5-8-16(18)2;1-15-9-4-5-10-17(15)18-11-8-12-19(16(18)2)20-13-6-7-14-21(20)3/h6-16H,1-5H3;6-14H,1-5H3;5-14H,1-4H3;4-14H,1-3H3/q4*+1. The molecule has 0 saturated heterocycles. The van der Waals surface area contributed by atoms with Gasteiger partial charge >= 0.3 is 0 Å². The first-order valence-electron chi connectivity index (χ1n) is 31.7. The van der Waals surface area contributed by atoms with Crippen LogP contribution in [-0.2, 0) is 28.2 Å². The number of nitrogens with zero attached hydrogens (tertiary/aromatic N) is 4. The lowest BCUT2D eigenvalue weighted by Gasteiger charge is -2.13. The van der Waals surface area contributed by atoms with Crippen molar-refractivity contribution in [3.8, 4) is 89.5 Å². The molecule has 4 heterocycles. The molecule has 4 nitrogen and oxygen atoms in total. The molecular formula is C86H92N4+4. The fourth-order valence-electron chi connectivity index (χ4n) is 12.5. The number of hydrogen-bond donors (Lipinski definition) is 0. The summed E-state index contributed by atoms with van der Waals surface area (Å²) in [5.74, 6) is 0.532. The van der Waals surface area contributed by atoms with Gasteiger partial charge in [-0.05, 0) is 219 Å². The highest BCUT2D eigenvalue weighted by molar-refractivity contribution is 5.81. The van der Waals surface area contributed by atoms with E-state index in [1.54, 1.807) is 0 Å². The largest absolute Gasteiger partial charge is 0.212 e. The number of hydrogen-bond acceptors (Lipinski definition) is 0. The Labute approximate surface area is 538 Å². The summed E-state index contributed by atoms with van der Waals surface area (Å²) in [5, 5.41) is 0. The van der Waals surface area contributed by atoms with Crippen LogP contribution in [0.15, 0.2) is 243 Å². The molecule has 0 saturated carbocycles. The number of aryl methyl sites for hydroxylation is 11. The Morgan fingerprint density at radius 3 is 0.933 bits per heavy atom. The van der Waals surface area contributed by atoms with E-state index in [-0.39, 0.29) is 0 Å². The molecule has 0 amide bonds. The highest BCUT2D eigenvalue weighted by atomic mass is 14.9. The zero-order valence-electron chi connectivity index (χ0n) is 56.5.